The van der Waals surface area contributed by atoms with Gasteiger partial charge in [-0.15, -0.1) is 12.4 Å². The Labute approximate surface area is 203 Å². The average molecular weight is 487 g/mol. The Bertz CT molecular complexity index is 1240. The van der Waals surface area contributed by atoms with Crippen LogP contribution in [0.5, 0.6) is 11.5 Å². The summed E-state index contributed by atoms with van der Waals surface area (Å²) in [6, 6.07) is 9.43. The van der Waals surface area contributed by atoms with Crippen molar-refractivity contribution < 1.29 is 14.3 Å². The Hall–Kier alpha value is -3.10. The summed E-state index contributed by atoms with van der Waals surface area (Å²) >= 11 is 1.55. The van der Waals surface area contributed by atoms with Gasteiger partial charge in [0.2, 0.25) is 0 Å². The summed E-state index contributed by atoms with van der Waals surface area (Å²) in [5, 5.41) is 0.694. The fraction of sp³-hybridized carbons (Fsp3) is 0.292. The maximum atomic E-state index is 13.6. The van der Waals surface area contributed by atoms with Crippen LogP contribution in [0.3, 0.4) is 0 Å². The summed E-state index contributed by atoms with van der Waals surface area (Å²) in [6.07, 6.45) is 6.23. The summed E-state index contributed by atoms with van der Waals surface area (Å²) in [5.74, 6) is 0.985. The molecule has 0 aliphatic rings. The van der Waals surface area contributed by atoms with Gasteiger partial charge in [-0.25, -0.2) is 9.97 Å². The van der Waals surface area contributed by atoms with Crippen LogP contribution in [0.4, 0.5) is 5.13 Å². The molecule has 33 heavy (non-hydrogen) atoms. The Morgan fingerprint density at radius 3 is 2.61 bits per heavy atom. The van der Waals surface area contributed by atoms with Crippen molar-refractivity contribution in [3.05, 3.63) is 65.7 Å². The zero-order valence-electron chi connectivity index (χ0n) is 19.1. The average Bonchev–Trinajstić information content (AvgIpc) is 3.45. The molecule has 0 bridgehead atoms. The molecule has 0 atom stereocenters. The highest BCUT2D eigenvalue weighted by atomic mass is 35.5. The number of carbonyl (C=O) groups excluding carboxylic acids is 1. The number of carbonyl (C=O) groups is 1. The molecular weight excluding hydrogens is 460 g/mol. The molecular formula is C24H27ClN4O3S. The molecule has 174 valence electrons. The van der Waals surface area contributed by atoms with Gasteiger partial charge in [0, 0.05) is 31.0 Å². The number of rotatable bonds is 8. The van der Waals surface area contributed by atoms with E-state index >= 15 is 0 Å². The molecule has 4 aromatic rings. The molecule has 0 radical (unpaired) electrons. The van der Waals surface area contributed by atoms with E-state index in [2.05, 4.69) is 31.0 Å². The normalized spacial score (nSPS) is 10.7. The minimum Gasteiger partial charge on any atom is -0.493 e. The van der Waals surface area contributed by atoms with Crippen LogP contribution < -0.4 is 14.4 Å². The monoisotopic (exact) mass is 486 g/mol. The first-order valence-electron chi connectivity index (χ1n) is 10.4. The molecule has 7 nitrogen and oxygen atoms in total. The van der Waals surface area contributed by atoms with Crippen LogP contribution in [-0.2, 0) is 6.54 Å². The van der Waals surface area contributed by atoms with Crippen molar-refractivity contribution in [3.63, 3.8) is 0 Å². The van der Waals surface area contributed by atoms with Crippen LogP contribution >= 0.6 is 23.7 Å². The van der Waals surface area contributed by atoms with E-state index in [1.54, 1.807) is 61.2 Å². The van der Waals surface area contributed by atoms with Gasteiger partial charge in [-0.3, -0.25) is 9.69 Å². The number of thiazole rings is 1. The number of nitrogens with zero attached hydrogens (tertiary/aromatic N) is 4. The summed E-state index contributed by atoms with van der Waals surface area (Å²) in [7, 11) is 3.14. The Morgan fingerprint density at radius 2 is 1.91 bits per heavy atom. The molecule has 0 aliphatic heterocycles. The second-order valence-corrected chi connectivity index (χ2v) is 8.58. The number of anilines is 1. The van der Waals surface area contributed by atoms with Crippen LogP contribution in [0.1, 0.15) is 27.9 Å². The van der Waals surface area contributed by atoms with Crippen molar-refractivity contribution in [2.24, 2.45) is 0 Å². The lowest BCUT2D eigenvalue weighted by molar-refractivity contribution is 0.0986. The van der Waals surface area contributed by atoms with Crippen molar-refractivity contribution in [3.8, 4) is 11.5 Å². The SMILES string of the molecule is COc1ccc(C(=O)N(CCCn2ccnc2)c2nc3cc(C)cc(C)c3s2)cc1OC.Cl. The first-order valence-corrected chi connectivity index (χ1v) is 11.2. The van der Waals surface area contributed by atoms with Gasteiger partial charge in [0.15, 0.2) is 16.6 Å². The number of aromatic nitrogens is 3. The second kappa shape index (κ2) is 10.7. The quantitative estimate of drug-likeness (QED) is 0.338. The Kier molecular flexibility index (Phi) is 7.94. The molecule has 4 rings (SSSR count). The van der Waals surface area contributed by atoms with Crippen molar-refractivity contribution in [2.75, 3.05) is 25.7 Å². The van der Waals surface area contributed by atoms with E-state index < -0.39 is 0 Å². The van der Waals surface area contributed by atoms with Gasteiger partial charge in [0.05, 0.1) is 30.8 Å². The van der Waals surface area contributed by atoms with E-state index in [9.17, 15) is 4.79 Å². The molecule has 9 heteroatoms. The molecule has 0 aliphatic carbocycles. The van der Waals surface area contributed by atoms with Gasteiger partial charge in [-0.05, 0) is 55.7 Å². The molecule has 0 unspecified atom stereocenters. The predicted octanol–water partition coefficient (Wildman–Crippen LogP) is 5.29. The Balaban J connectivity index is 0.00000306. The number of benzene rings is 2. The fourth-order valence-corrected chi connectivity index (χ4v) is 4.76. The number of imidazole rings is 1. The molecule has 0 saturated heterocycles. The number of amides is 1. The lowest BCUT2D eigenvalue weighted by Gasteiger charge is -2.20. The van der Waals surface area contributed by atoms with Gasteiger partial charge in [0.1, 0.15) is 0 Å². The van der Waals surface area contributed by atoms with Gasteiger partial charge in [0.25, 0.3) is 5.91 Å². The number of methoxy groups -OCH3 is 2. The van der Waals surface area contributed by atoms with Crippen LogP contribution in [0.15, 0.2) is 49.1 Å². The molecule has 0 saturated carbocycles. The maximum Gasteiger partial charge on any atom is 0.260 e. The van der Waals surface area contributed by atoms with E-state index in [1.165, 1.54) is 5.56 Å². The van der Waals surface area contributed by atoms with Gasteiger partial charge >= 0.3 is 0 Å². The molecule has 1 amide bonds. The third kappa shape index (κ3) is 5.29. The van der Waals surface area contributed by atoms with Crippen LogP contribution in [0.25, 0.3) is 10.2 Å². The molecule has 2 heterocycles. The second-order valence-electron chi connectivity index (χ2n) is 7.61. The van der Waals surface area contributed by atoms with Crippen LogP contribution in [0, 0.1) is 13.8 Å². The van der Waals surface area contributed by atoms with E-state index in [1.807, 2.05) is 10.8 Å². The highest BCUT2D eigenvalue weighted by Gasteiger charge is 2.23. The van der Waals surface area contributed by atoms with Crippen molar-refractivity contribution in [1.82, 2.24) is 14.5 Å². The minimum absolute atomic E-state index is 0. The van der Waals surface area contributed by atoms with E-state index in [0.717, 1.165) is 28.7 Å². The minimum atomic E-state index is -0.120. The molecule has 0 spiro atoms. The zero-order chi connectivity index (χ0) is 22.7. The lowest BCUT2D eigenvalue weighted by atomic mass is 10.1. The standard InChI is InChI=1S/C24H26N4O3S.ClH/c1-16-12-17(2)22-19(13-16)26-24(32-22)28(10-5-9-27-11-8-25-15-27)23(29)18-6-7-20(30-3)21(14-18)31-4;/h6-8,11-15H,5,9-10H2,1-4H3;1H. The van der Waals surface area contributed by atoms with Gasteiger partial charge in [-0.2, -0.15) is 0 Å². The summed E-state index contributed by atoms with van der Waals surface area (Å²) in [6.45, 7) is 5.43. The van der Waals surface area contributed by atoms with Crippen LogP contribution in [-0.4, -0.2) is 41.2 Å². The lowest BCUT2D eigenvalue weighted by Crippen LogP contribution is -2.32. The summed E-state index contributed by atoms with van der Waals surface area (Å²) < 4.78 is 13.8. The number of hydrogen-bond donors (Lipinski definition) is 0. The highest BCUT2D eigenvalue weighted by molar-refractivity contribution is 7.22. The topological polar surface area (TPSA) is 69.5 Å². The fourth-order valence-electron chi connectivity index (χ4n) is 3.72. The molecule has 0 N–H and O–H groups in total. The van der Waals surface area contributed by atoms with Crippen molar-refractivity contribution >= 4 is 45.0 Å². The number of ether oxygens (including phenoxy) is 2. The molecule has 2 aromatic heterocycles. The predicted molar refractivity (Wildman–Crippen MR) is 134 cm³/mol. The number of hydrogen-bond acceptors (Lipinski definition) is 6. The Morgan fingerprint density at radius 1 is 1.12 bits per heavy atom. The van der Waals surface area contributed by atoms with E-state index in [-0.39, 0.29) is 18.3 Å². The highest BCUT2D eigenvalue weighted by Crippen LogP contribution is 2.34. The van der Waals surface area contributed by atoms with Crippen molar-refractivity contribution in [1.29, 1.82) is 0 Å². The number of halogens is 1. The third-order valence-corrected chi connectivity index (χ3v) is 6.50. The first kappa shape index (κ1) is 24.5. The molecule has 2 aromatic carbocycles. The summed E-state index contributed by atoms with van der Waals surface area (Å²) in [5.41, 5.74) is 3.77. The van der Waals surface area contributed by atoms with Crippen LogP contribution in [0.2, 0.25) is 0 Å². The first-order chi connectivity index (χ1) is 15.5. The smallest absolute Gasteiger partial charge is 0.260 e. The number of aryl methyl sites for hydroxylation is 3. The van der Waals surface area contributed by atoms with Crippen molar-refractivity contribution in [2.45, 2.75) is 26.8 Å². The number of fused-ring (bicyclic) bond motifs is 1. The van der Waals surface area contributed by atoms with E-state index in [4.69, 9.17) is 14.5 Å². The maximum absolute atomic E-state index is 13.6. The van der Waals surface area contributed by atoms with E-state index in [0.29, 0.717) is 28.7 Å². The third-order valence-electron chi connectivity index (χ3n) is 5.27. The molecule has 0 fully saturated rings. The van der Waals surface area contributed by atoms with Gasteiger partial charge < -0.3 is 14.0 Å². The zero-order valence-corrected chi connectivity index (χ0v) is 20.7. The van der Waals surface area contributed by atoms with Gasteiger partial charge in [-0.1, -0.05) is 17.4 Å². The summed E-state index contributed by atoms with van der Waals surface area (Å²) in [4.78, 5) is 24.3. The largest absolute Gasteiger partial charge is 0.493 e.